The highest BCUT2D eigenvalue weighted by Crippen LogP contribution is 2.30. The van der Waals surface area contributed by atoms with E-state index < -0.39 is 4.92 Å². The van der Waals surface area contributed by atoms with Crippen molar-refractivity contribution in [2.45, 2.75) is 26.3 Å². The summed E-state index contributed by atoms with van der Waals surface area (Å²) in [5.74, 6) is -0.344. The molecule has 0 atom stereocenters. The zero-order valence-electron chi connectivity index (χ0n) is 19.0. The van der Waals surface area contributed by atoms with Gasteiger partial charge in [0.1, 0.15) is 5.69 Å². The van der Waals surface area contributed by atoms with E-state index in [-0.39, 0.29) is 23.1 Å². The number of benzene rings is 2. The Kier molecular flexibility index (Phi) is 6.48. The van der Waals surface area contributed by atoms with Gasteiger partial charge < -0.3 is 20.0 Å². The van der Waals surface area contributed by atoms with Crippen LogP contribution in [-0.2, 0) is 17.8 Å². The molecule has 0 unspecified atom stereocenters. The molecule has 2 aromatic rings. The fraction of sp³-hybridized carbons (Fsp3) is 0.417. The maximum absolute atomic E-state index is 12.7. The topological polar surface area (TPSA) is 99.0 Å². The number of nitrogens with one attached hydrogen (secondary N) is 1. The highest BCUT2D eigenvalue weighted by atomic mass is 16.6. The van der Waals surface area contributed by atoms with Crippen molar-refractivity contribution in [2.75, 3.05) is 49.6 Å². The molecular weight excluding hydrogens is 422 g/mol. The first kappa shape index (κ1) is 22.6. The Balaban J connectivity index is 1.44. The molecule has 4 rings (SSSR count). The van der Waals surface area contributed by atoms with Crippen LogP contribution in [0.1, 0.15) is 34.8 Å². The van der Waals surface area contributed by atoms with Crippen molar-refractivity contribution >= 4 is 28.9 Å². The SMILES string of the molecule is CC(=O)N1CCN(c2ccc(C(=O)NCc3ccc4c(c3)CCCN4C)cc2[N+](=O)[O-])CC1. The van der Waals surface area contributed by atoms with Gasteiger partial charge in [-0.25, -0.2) is 0 Å². The van der Waals surface area contributed by atoms with Gasteiger partial charge in [-0.3, -0.25) is 19.7 Å². The number of carbonyl (C=O) groups excluding carboxylic acids is 2. The molecule has 9 nitrogen and oxygen atoms in total. The average molecular weight is 452 g/mol. The van der Waals surface area contributed by atoms with Gasteiger partial charge in [-0.1, -0.05) is 12.1 Å². The van der Waals surface area contributed by atoms with Gasteiger partial charge in [0.25, 0.3) is 11.6 Å². The van der Waals surface area contributed by atoms with Crippen molar-refractivity contribution < 1.29 is 14.5 Å². The first-order valence-corrected chi connectivity index (χ1v) is 11.2. The van der Waals surface area contributed by atoms with Crippen molar-refractivity contribution in [3.63, 3.8) is 0 Å². The Labute approximate surface area is 193 Å². The van der Waals surface area contributed by atoms with Gasteiger partial charge in [0.05, 0.1) is 4.92 Å². The van der Waals surface area contributed by atoms with Crippen LogP contribution in [0.3, 0.4) is 0 Å². The summed E-state index contributed by atoms with van der Waals surface area (Å²) < 4.78 is 0. The summed E-state index contributed by atoms with van der Waals surface area (Å²) in [5, 5.41) is 14.6. The van der Waals surface area contributed by atoms with Crippen molar-refractivity contribution in [3.8, 4) is 0 Å². The molecule has 2 aromatic carbocycles. The lowest BCUT2D eigenvalue weighted by atomic mass is 9.99. The molecule has 0 bridgehead atoms. The zero-order valence-corrected chi connectivity index (χ0v) is 19.0. The van der Waals surface area contributed by atoms with E-state index >= 15 is 0 Å². The maximum atomic E-state index is 12.7. The number of rotatable bonds is 5. The van der Waals surface area contributed by atoms with Crippen LogP contribution in [0.5, 0.6) is 0 Å². The lowest BCUT2D eigenvalue weighted by molar-refractivity contribution is -0.384. The molecular formula is C24H29N5O4. The third kappa shape index (κ3) is 4.92. The molecule has 2 aliphatic heterocycles. The van der Waals surface area contributed by atoms with Gasteiger partial charge in [-0.2, -0.15) is 0 Å². The first-order chi connectivity index (χ1) is 15.8. The van der Waals surface area contributed by atoms with E-state index in [1.807, 2.05) is 11.0 Å². The van der Waals surface area contributed by atoms with Crippen LogP contribution in [0.2, 0.25) is 0 Å². The molecule has 2 heterocycles. The van der Waals surface area contributed by atoms with Crippen LogP contribution < -0.4 is 15.1 Å². The summed E-state index contributed by atoms with van der Waals surface area (Å²) in [7, 11) is 2.08. The normalized spacial score (nSPS) is 15.8. The van der Waals surface area contributed by atoms with E-state index in [0.717, 1.165) is 24.9 Å². The lowest BCUT2D eigenvalue weighted by Crippen LogP contribution is -2.48. The number of fused-ring (bicyclic) bond motifs is 1. The fourth-order valence-corrected chi connectivity index (χ4v) is 4.57. The van der Waals surface area contributed by atoms with Gasteiger partial charge in [-0.15, -0.1) is 0 Å². The molecule has 33 heavy (non-hydrogen) atoms. The lowest BCUT2D eigenvalue weighted by Gasteiger charge is -2.35. The first-order valence-electron chi connectivity index (χ1n) is 11.2. The molecule has 2 aliphatic rings. The highest BCUT2D eigenvalue weighted by molar-refractivity contribution is 5.95. The molecule has 0 saturated carbocycles. The molecule has 174 valence electrons. The molecule has 0 radical (unpaired) electrons. The molecule has 9 heteroatoms. The third-order valence-electron chi connectivity index (χ3n) is 6.45. The average Bonchev–Trinajstić information content (AvgIpc) is 2.82. The minimum Gasteiger partial charge on any atom is -0.374 e. The second-order valence-corrected chi connectivity index (χ2v) is 8.62. The fourth-order valence-electron chi connectivity index (χ4n) is 4.57. The number of piperazine rings is 1. The highest BCUT2D eigenvalue weighted by Gasteiger charge is 2.26. The number of amides is 2. The largest absolute Gasteiger partial charge is 0.374 e. The van der Waals surface area contributed by atoms with Gasteiger partial charge in [0.15, 0.2) is 0 Å². The Morgan fingerprint density at radius 1 is 1.03 bits per heavy atom. The second-order valence-electron chi connectivity index (χ2n) is 8.62. The van der Waals surface area contributed by atoms with Crippen molar-refractivity contribution in [2.24, 2.45) is 0 Å². The van der Waals surface area contributed by atoms with E-state index in [9.17, 15) is 19.7 Å². The predicted octanol–water partition coefficient (Wildman–Crippen LogP) is 2.58. The predicted molar refractivity (Wildman–Crippen MR) is 127 cm³/mol. The van der Waals surface area contributed by atoms with E-state index in [4.69, 9.17) is 0 Å². The van der Waals surface area contributed by atoms with Crippen molar-refractivity contribution in [3.05, 3.63) is 63.2 Å². The third-order valence-corrected chi connectivity index (χ3v) is 6.45. The second kappa shape index (κ2) is 9.48. The number of hydrogen-bond donors (Lipinski definition) is 1. The Morgan fingerprint density at radius 2 is 1.76 bits per heavy atom. The molecule has 1 fully saturated rings. The number of anilines is 2. The van der Waals surface area contributed by atoms with Gasteiger partial charge >= 0.3 is 0 Å². The molecule has 1 saturated heterocycles. The molecule has 0 aromatic heterocycles. The zero-order chi connectivity index (χ0) is 23.5. The number of hydrogen-bond acceptors (Lipinski definition) is 6. The van der Waals surface area contributed by atoms with Crippen LogP contribution in [0.25, 0.3) is 0 Å². The Hall–Kier alpha value is -3.62. The summed E-state index contributed by atoms with van der Waals surface area (Å²) in [4.78, 5) is 41.4. The quantitative estimate of drug-likeness (QED) is 0.554. The molecule has 0 aliphatic carbocycles. The summed E-state index contributed by atoms with van der Waals surface area (Å²) in [5.41, 5.74) is 4.14. The maximum Gasteiger partial charge on any atom is 0.293 e. The smallest absolute Gasteiger partial charge is 0.293 e. The number of nitro groups is 1. The number of carbonyl (C=O) groups is 2. The summed E-state index contributed by atoms with van der Waals surface area (Å²) in [6, 6.07) is 10.8. The van der Waals surface area contributed by atoms with Crippen LogP contribution in [-0.4, -0.2) is 61.4 Å². The van der Waals surface area contributed by atoms with Gasteiger partial charge in [0, 0.05) is 70.6 Å². The summed E-state index contributed by atoms with van der Waals surface area (Å²) in [6.45, 7) is 4.99. The van der Waals surface area contributed by atoms with Crippen LogP contribution in [0.4, 0.5) is 17.1 Å². The van der Waals surface area contributed by atoms with Crippen molar-refractivity contribution in [1.82, 2.24) is 10.2 Å². The minimum atomic E-state index is -0.455. The molecule has 0 spiro atoms. The minimum absolute atomic E-state index is 0.00196. The van der Waals surface area contributed by atoms with Crippen molar-refractivity contribution in [1.29, 1.82) is 0 Å². The Bertz CT molecular complexity index is 1080. The van der Waals surface area contributed by atoms with Gasteiger partial charge in [0.2, 0.25) is 5.91 Å². The number of nitrogens with zero attached hydrogens (tertiary/aromatic N) is 4. The van der Waals surface area contributed by atoms with Gasteiger partial charge in [-0.05, 0) is 42.2 Å². The van der Waals surface area contributed by atoms with E-state index in [2.05, 4.69) is 29.4 Å². The monoisotopic (exact) mass is 451 g/mol. The molecule has 2 amide bonds. The Morgan fingerprint density at radius 3 is 2.45 bits per heavy atom. The summed E-state index contributed by atoms with van der Waals surface area (Å²) in [6.07, 6.45) is 2.13. The van der Waals surface area contributed by atoms with Crippen LogP contribution >= 0.6 is 0 Å². The number of nitro benzene ring substituents is 1. The summed E-state index contributed by atoms with van der Waals surface area (Å²) >= 11 is 0. The standard InChI is InChI=1S/C24H29N5O4/c1-17(30)27-10-12-28(13-11-27)22-8-6-20(15-23(22)29(32)33)24(31)25-16-18-5-7-21-19(14-18)4-3-9-26(21)2/h5-8,14-15H,3-4,9-13,16H2,1-2H3,(H,25,31). The van der Waals surface area contributed by atoms with E-state index in [1.54, 1.807) is 17.0 Å². The van der Waals surface area contributed by atoms with Crippen LogP contribution in [0, 0.1) is 10.1 Å². The molecule has 1 N–H and O–H groups in total. The van der Waals surface area contributed by atoms with Crippen LogP contribution in [0.15, 0.2) is 36.4 Å². The van der Waals surface area contributed by atoms with E-state index in [1.165, 1.54) is 24.2 Å². The van der Waals surface area contributed by atoms with E-state index in [0.29, 0.717) is 38.4 Å². The number of aryl methyl sites for hydroxylation is 1.